The fraction of sp³-hybridized carbons (Fsp3) is 0.600. The van der Waals surface area contributed by atoms with Gasteiger partial charge in [-0.1, -0.05) is 12.1 Å². The third-order valence-electron chi connectivity index (χ3n) is 3.76. The van der Waals surface area contributed by atoms with Crippen molar-refractivity contribution < 1.29 is 9.47 Å². The molecule has 1 heterocycles. The zero-order chi connectivity index (χ0) is 13.8. The van der Waals surface area contributed by atoms with Crippen LogP contribution < -0.4 is 10.5 Å². The first-order valence-corrected chi connectivity index (χ1v) is 6.87. The molecule has 1 saturated heterocycles. The summed E-state index contributed by atoms with van der Waals surface area (Å²) in [5.41, 5.74) is 7.43. The van der Waals surface area contributed by atoms with Gasteiger partial charge in [0, 0.05) is 19.1 Å². The lowest BCUT2D eigenvalue weighted by Gasteiger charge is -2.38. The van der Waals surface area contributed by atoms with Gasteiger partial charge >= 0.3 is 0 Å². The monoisotopic (exact) mass is 264 g/mol. The van der Waals surface area contributed by atoms with Crippen molar-refractivity contribution in [2.24, 2.45) is 5.73 Å². The van der Waals surface area contributed by atoms with Gasteiger partial charge in [0.15, 0.2) is 0 Å². The van der Waals surface area contributed by atoms with E-state index in [1.807, 2.05) is 24.3 Å². The van der Waals surface area contributed by atoms with Gasteiger partial charge in [0.1, 0.15) is 5.75 Å². The van der Waals surface area contributed by atoms with E-state index >= 15 is 0 Å². The Morgan fingerprint density at radius 1 is 1.32 bits per heavy atom. The quantitative estimate of drug-likeness (QED) is 0.901. The molecule has 19 heavy (non-hydrogen) atoms. The maximum atomic E-state index is 6.33. The highest BCUT2D eigenvalue weighted by atomic mass is 16.5. The predicted octanol–water partition coefficient (Wildman–Crippen LogP) is 1.80. The van der Waals surface area contributed by atoms with Crippen LogP contribution in [0.3, 0.4) is 0 Å². The summed E-state index contributed by atoms with van der Waals surface area (Å²) in [5, 5.41) is 0. The molecule has 0 aliphatic carbocycles. The van der Waals surface area contributed by atoms with Crippen LogP contribution >= 0.6 is 0 Å². The van der Waals surface area contributed by atoms with Crippen molar-refractivity contribution >= 4 is 0 Å². The van der Waals surface area contributed by atoms with Crippen LogP contribution in [0.15, 0.2) is 24.3 Å². The van der Waals surface area contributed by atoms with Crippen LogP contribution in [-0.4, -0.2) is 43.9 Å². The van der Waals surface area contributed by atoms with Crippen molar-refractivity contribution in [3.63, 3.8) is 0 Å². The molecule has 1 aliphatic rings. The molecule has 2 unspecified atom stereocenters. The molecule has 0 saturated carbocycles. The van der Waals surface area contributed by atoms with Crippen LogP contribution in [0.2, 0.25) is 0 Å². The minimum Gasteiger partial charge on any atom is -0.497 e. The highest BCUT2D eigenvalue weighted by Gasteiger charge is 2.27. The maximum absolute atomic E-state index is 6.33. The van der Waals surface area contributed by atoms with Crippen molar-refractivity contribution in [3.8, 4) is 5.75 Å². The third kappa shape index (κ3) is 3.47. The molecule has 1 fully saturated rings. The molecule has 0 bridgehead atoms. The normalized spacial score (nSPS) is 22.5. The van der Waals surface area contributed by atoms with Gasteiger partial charge in [0.2, 0.25) is 0 Å². The van der Waals surface area contributed by atoms with Gasteiger partial charge in [-0.15, -0.1) is 0 Å². The highest BCUT2D eigenvalue weighted by molar-refractivity contribution is 5.29. The average Bonchev–Trinajstić information content (AvgIpc) is 2.46. The summed E-state index contributed by atoms with van der Waals surface area (Å²) in [6.07, 6.45) is 0.0598. The van der Waals surface area contributed by atoms with Crippen LogP contribution in [0, 0.1) is 0 Å². The Bertz CT molecular complexity index is 392. The first-order chi connectivity index (χ1) is 9.11. The van der Waals surface area contributed by atoms with E-state index in [0.29, 0.717) is 6.04 Å². The molecule has 1 aromatic carbocycles. The molecule has 0 radical (unpaired) electrons. The van der Waals surface area contributed by atoms with E-state index in [1.54, 1.807) is 7.11 Å². The Kier molecular flexibility index (Phi) is 4.80. The van der Waals surface area contributed by atoms with Crippen LogP contribution in [0.4, 0.5) is 0 Å². The first kappa shape index (κ1) is 14.3. The topological polar surface area (TPSA) is 47.7 Å². The number of hydrogen-bond acceptors (Lipinski definition) is 4. The van der Waals surface area contributed by atoms with Crippen LogP contribution in [0.1, 0.15) is 25.5 Å². The van der Waals surface area contributed by atoms with Crippen molar-refractivity contribution in [2.45, 2.75) is 32.0 Å². The molecule has 2 N–H and O–H groups in total. The van der Waals surface area contributed by atoms with E-state index < -0.39 is 0 Å². The smallest absolute Gasteiger partial charge is 0.118 e. The van der Waals surface area contributed by atoms with Crippen LogP contribution in [0.25, 0.3) is 0 Å². The largest absolute Gasteiger partial charge is 0.497 e. The van der Waals surface area contributed by atoms with Gasteiger partial charge in [-0.2, -0.15) is 0 Å². The van der Waals surface area contributed by atoms with E-state index in [0.717, 1.165) is 31.0 Å². The molecule has 2 rings (SSSR count). The number of nitrogens with two attached hydrogens (primary N) is 1. The fourth-order valence-electron chi connectivity index (χ4n) is 2.42. The lowest BCUT2D eigenvalue weighted by Crippen LogP contribution is -2.49. The maximum Gasteiger partial charge on any atom is 0.118 e. The van der Waals surface area contributed by atoms with Crippen LogP contribution in [0.5, 0.6) is 5.75 Å². The predicted molar refractivity (Wildman–Crippen MR) is 76.4 cm³/mol. The second-order valence-corrected chi connectivity index (χ2v) is 5.30. The molecule has 1 aromatic rings. The Labute approximate surface area is 115 Å². The summed E-state index contributed by atoms with van der Waals surface area (Å²) in [6.45, 7) is 7.06. The summed E-state index contributed by atoms with van der Waals surface area (Å²) < 4.78 is 11.0. The Hall–Kier alpha value is -1.10. The second-order valence-electron chi connectivity index (χ2n) is 5.30. The SMILES string of the molecule is COc1ccc(C(N)C2CN(C(C)C)CCO2)cc1. The number of nitrogens with zero attached hydrogens (tertiary/aromatic N) is 1. The van der Waals surface area contributed by atoms with Gasteiger partial charge in [0.25, 0.3) is 0 Å². The van der Waals surface area contributed by atoms with Gasteiger partial charge in [0.05, 0.1) is 25.9 Å². The van der Waals surface area contributed by atoms with Gasteiger partial charge in [-0.25, -0.2) is 0 Å². The molecule has 2 atom stereocenters. The molecular weight excluding hydrogens is 240 g/mol. The number of ether oxygens (including phenoxy) is 2. The minimum absolute atomic E-state index is 0.0598. The molecule has 0 amide bonds. The lowest BCUT2D eigenvalue weighted by molar-refractivity contribution is -0.0502. The second kappa shape index (κ2) is 6.37. The number of morpholine rings is 1. The fourth-order valence-corrected chi connectivity index (χ4v) is 2.42. The van der Waals surface area contributed by atoms with Crippen molar-refractivity contribution in [2.75, 3.05) is 26.8 Å². The van der Waals surface area contributed by atoms with E-state index in [-0.39, 0.29) is 12.1 Å². The standard InChI is InChI=1S/C15H24N2O2/c1-11(2)17-8-9-19-14(10-17)15(16)12-4-6-13(18-3)7-5-12/h4-7,11,14-15H,8-10,16H2,1-3H3. The number of hydrogen-bond donors (Lipinski definition) is 1. The summed E-state index contributed by atoms with van der Waals surface area (Å²) >= 11 is 0. The number of rotatable bonds is 4. The Balaban J connectivity index is 2.03. The molecule has 0 aromatic heterocycles. The Morgan fingerprint density at radius 2 is 2.00 bits per heavy atom. The zero-order valence-corrected chi connectivity index (χ0v) is 12.0. The highest BCUT2D eigenvalue weighted by Crippen LogP contribution is 2.23. The molecule has 1 aliphatic heterocycles. The van der Waals surface area contributed by atoms with E-state index in [1.165, 1.54) is 0 Å². The molecule has 0 spiro atoms. The molecular formula is C15H24N2O2. The lowest BCUT2D eigenvalue weighted by atomic mass is 10.0. The molecule has 106 valence electrons. The van der Waals surface area contributed by atoms with Crippen molar-refractivity contribution in [1.29, 1.82) is 0 Å². The molecule has 4 nitrogen and oxygen atoms in total. The third-order valence-corrected chi connectivity index (χ3v) is 3.76. The number of methoxy groups -OCH3 is 1. The summed E-state index contributed by atoms with van der Waals surface area (Å²) in [6, 6.07) is 8.36. The van der Waals surface area contributed by atoms with Crippen LogP contribution in [-0.2, 0) is 4.74 Å². The average molecular weight is 264 g/mol. The van der Waals surface area contributed by atoms with E-state index in [2.05, 4.69) is 18.7 Å². The van der Waals surface area contributed by atoms with Gasteiger partial charge in [-0.3, -0.25) is 4.90 Å². The summed E-state index contributed by atoms with van der Waals surface area (Å²) in [7, 11) is 1.67. The van der Waals surface area contributed by atoms with E-state index in [9.17, 15) is 0 Å². The number of benzene rings is 1. The van der Waals surface area contributed by atoms with Crippen molar-refractivity contribution in [1.82, 2.24) is 4.90 Å². The summed E-state index contributed by atoms with van der Waals surface area (Å²) in [4.78, 5) is 2.41. The Morgan fingerprint density at radius 3 is 2.58 bits per heavy atom. The molecule has 4 heteroatoms. The van der Waals surface area contributed by atoms with E-state index in [4.69, 9.17) is 15.2 Å². The summed E-state index contributed by atoms with van der Waals surface area (Å²) in [5.74, 6) is 0.851. The first-order valence-electron chi connectivity index (χ1n) is 6.87. The minimum atomic E-state index is -0.0903. The van der Waals surface area contributed by atoms with Crippen molar-refractivity contribution in [3.05, 3.63) is 29.8 Å². The van der Waals surface area contributed by atoms with Gasteiger partial charge in [-0.05, 0) is 31.5 Å². The van der Waals surface area contributed by atoms with Gasteiger partial charge < -0.3 is 15.2 Å². The zero-order valence-electron chi connectivity index (χ0n) is 12.0.